The van der Waals surface area contributed by atoms with Crippen molar-refractivity contribution in [3.8, 4) is 0 Å². The summed E-state index contributed by atoms with van der Waals surface area (Å²) in [7, 11) is 0.624. The molecule has 0 saturated heterocycles. The van der Waals surface area contributed by atoms with Crippen molar-refractivity contribution in [2.75, 3.05) is 6.61 Å². The fourth-order valence-corrected chi connectivity index (χ4v) is 0.721. The quantitative estimate of drug-likeness (QED) is 0.548. The zero-order valence-corrected chi connectivity index (χ0v) is 6.26. The molecule has 0 atom stereocenters. The first-order chi connectivity index (χ1) is 3.27. The van der Waals surface area contributed by atoms with Crippen molar-refractivity contribution < 1.29 is 4.52 Å². The Bertz CT molecular complexity index is 55.7. The van der Waals surface area contributed by atoms with E-state index >= 15 is 0 Å². The normalized spacial score (nSPS) is 10.7. The Morgan fingerprint density at radius 2 is 2.29 bits per heavy atom. The van der Waals surface area contributed by atoms with Crippen LogP contribution in [0.15, 0.2) is 0 Å². The van der Waals surface area contributed by atoms with Gasteiger partial charge in [0.1, 0.15) is 7.58 Å². The van der Waals surface area contributed by atoms with Gasteiger partial charge >= 0.3 is 0 Å². The molecule has 0 unspecified atom stereocenters. The van der Waals surface area contributed by atoms with Crippen LogP contribution in [0.3, 0.4) is 0 Å². The highest BCUT2D eigenvalue weighted by atomic mass is 32.4. The van der Waals surface area contributed by atoms with Crippen LogP contribution in [0.25, 0.3) is 0 Å². The molecule has 0 heterocycles. The van der Waals surface area contributed by atoms with Crippen molar-refractivity contribution >= 4 is 19.4 Å². The van der Waals surface area contributed by atoms with Crippen LogP contribution in [0, 0.1) is 5.92 Å². The molecule has 7 heavy (non-hydrogen) atoms. The summed E-state index contributed by atoms with van der Waals surface area (Å²) in [4.78, 5) is 0. The molecule has 0 rings (SSSR count). The van der Waals surface area contributed by atoms with Gasteiger partial charge in [-0.1, -0.05) is 13.8 Å². The first-order valence-electron chi connectivity index (χ1n) is 2.22. The Balaban J connectivity index is 2.81. The fourth-order valence-electron chi connectivity index (χ4n) is 0.180. The summed E-state index contributed by atoms with van der Waals surface area (Å²) in [6.45, 7) is 4.98. The maximum Gasteiger partial charge on any atom is 0.136 e. The standard InChI is InChI=1S/C4H9OPS/c1-4(2)3-5-6-7/h4H,3H2,1-2H3. The van der Waals surface area contributed by atoms with E-state index in [1.165, 1.54) is 0 Å². The van der Waals surface area contributed by atoms with Crippen molar-refractivity contribution in [1.29, 1.82) is 0 Å². The molecule has 3 heteroatoms. The highest BCUT2D eigenvalue weighted by Gasteiger charge is 1.88. The maximum absolute atomic E-state index is 4.88. The predicted octanol–water partition coefficient (Wildman–Crippen LogP) is 1.98. The van der Waals surface area contributed by atoms with Gasteiger partial charge in [0, 0.05) is 0 Å². The summed E-state index contributed by atoms with van der Waals surface area (Å²) in [5, 5.41) is 0. The van der Waals surface area contributed by atoms with Gasteiger partial charge < -0.3 is 4.52 Å². The molecule has 0 aromatic rings. The summed E-state index contributed by atoms with van der Waals surface area (Å²) in [6, 6.07) is 0. The van der Waals surface area contributed by atoms with E-state index in [0.717, 1.165) is 6.61 Å². The first-order valence-corrected chi connectivity index (χ1v) is 4.04. The zero-order chi connectivity index (χ0) is 5.70. The van der Waals surface area contributed by atoms with E-state index in [1.807, 2.05) is 0 Å². The first kappa shape index (κ1) is 7.48. The highest BCUT2D eigenvalue weighted by Crippen LogP contribution is 1.99. The maximum atomic E-state index is 4.88. The van der Waals surface area contributed by atoms with Crippen molar-refractivity contribution in [1.82, 2.24) is 0 Å². The third kappa shape index (κ3) is 6.48. The SMILES string of the molecule is CC(C)COP=S. The lowest BCUT2D eigenvalue weighted by Crippen LogP contribution is -1.93. The van der Waals surface area contributed by atoms with Crippen LogP contribution in [0.2, 0.25) is 0 Å². The Morgan fingerprint density at radius 3 is 2.43 bits per heavy atom. The minimum atomic E-state index is 0.607. The molecule has 0 aromatic heterocycles. The molecule has 1 nitrogen and oxygen atoms in total. The third-order valence-electron chi connectivity index (χ3n) is 0.461. The smallest absolute Gasteiger partial charge is 0.136 e. The Kier molecular flexibility index (Phi) is 4.95. The van der Waals surface area contributed by atoms with Gasteiger partial charge in [-0.05, 0) is 17.7 Å². The second-order valence-corrected chi connectivity index (χ2v) is 2.62. The number of hydrogen-bond acceptors (Lipinski definition) is 2. The Hall–Kier alpha value is 0.480. The minimum absolute atomic E-state index is 0.607. The molecule has 0 aromatic carbocycles. The molecule has 42 valence electrons. The summed E-state index contributed by atoms with van der Waals surface area (Å²) in [6.07, 6.45) is 0. The second kappa shape index (κ2) is 4.63. The van der Waals surface area contributed by atoms with Crippen molar-refractivity contribution in [3.63, 3.8) is 0 Å². The van der Waals surface area contributed by atoms with E-state index < -0.39 is 0 Å². The van der Waals surface area contributed by atoms with Gasteiger partial charge in [-0.3, -0.25) is 0 Å². The highest BCUT2D eigenvalue weighted by molar-refractivity contribution is 7.94. The lowest BCUT2D eigenvalue weighted by molar-refractivity contribution is 0.313. The van der Waals surface area contributed by atoms with Gasteiger partial charge in [0.25, 0.3) is 0 Å². The summed E-state index contributed by atoms with van der Waals surface area (Å²) < 4.78 is 4.88. The van der Waals surface area contributed by atoms with Gasteiger partial charge in [0.2, 0.25) is 0 Å². The van der Waals surface area contributed by atoms with Crippen molar-refractivity contribution in [3.05, 3.63) is 0 Å². The largest absolute Gasteiger partial charge is 0.317 e. The monoisotopic (exact) mass is 136 g/mol. The van der Waals surface area contributed by atoms with E-state index in [4.69, 9.17) is 4.52 Å². The van der Waals surface area contributed by atoms with Gasteiger partial charge in [0.05, 0.1) is 6.61 Å². The molecule has 0 aliphatic carbocycles. The molecular weight excluding hydrogens is 127 g/mol. The molecular formula is C4H9OPS. The molecule has 0 spiro atoms. The van der Waals surface area contributed by atoms with Crippen LogP contribution in [0.5, 0.6) is 0 Å². The number of hydrogen-bond donors (Lipinski definition) is 0. The van der Waals surface area contributed by atoms with Crippen LogP contribution >= 0.6 is 7.58 Å². The van der Waals surface area contributed by atoms with Crippen LogP contribution in [0.1, 0.15) is 13.8 Å². The Labute approximate surface area is 51.0 Å². The van der Waals surface area contributed by atoms with Crippen LogP contribution in [-0.2, 0) is 16.3 Å². The topological polar surface area (TPSA) is 9.23 Å². The lowest BCUT2D eigenvalue weighted by atomic mass is 10.2. The van der Waals surface area contributed by atoms with Crippen molar-refractivity contribution in [2.45, 2.75) is 13.8 Å². The van der Waals surface area contributed by atoms with E-state index in [9.17, 15) is 0 Å². The molecule has 0 N–H and O–H groups in total. The summed E-state index contributed by atoms with van der Waals surface area (Å²) >= 11 is 4.52. The van der Waals surface area contributed by atoms with Crippen LogP contribution in [-0.4, -0.2) is 6.61 Å². The van der Waals surface area contributed by atoms with Gasteiger partial charge in [-0.2, -0.15) is 0 Å². The lowest BCUT2D eigenvalue weighted by Gasteiger charge is -1.96. The molecule has 0 radical (unpaired) electrons. The molecule has 0 amide bonds. The average Bonchev–Trinajstić information content (AvgIpc) is 1.61. The minimum Gasteiger partial charge on any atom is -0.317 e. The van der Waals surface area contributed by atoms with Gasteiger partial charge in [0.15, 0.2) is 0 Å². The molecule has 0 aliphatic rings. The third-order valence-corrected chi connectivity index (χ3v) is 1.03. The Morgan fingerprint density at radius 1 is 1.71 bits per heavy atom. The zero-order valence-electron chi connectivity index (χ0n) is 4.55. The predicted molar refractivity (Wildman–Crippen MR) is 35.1 cm³/mol. The summed E-state index contributed by atoms with van der Waals surface area (Å²) in [5.74, 6) is 0.607. The van der Waals surface area contributed by atoms with E-state index in [2.05, 4.69) is 25.7 Å². The van der Waals surface area contributed by atoms with E-state index in [0.29, 0.717) is 13.5 Å². The van der Waals surface area contributed by atoms with E-state index in [1.54, 1.807) is 0 Å². The van der Waals surface area contributed by atoms with Gasteiger partial charge in [-0.25, -0.2) is 0 Å². The molecule has 0 saturated carbocycles. The molecule has 0 fully saturated rings. The van der Waals surface area contributed by atoms with E-state index in [-0.39, 0.29) is 0 Å². The van der Waals surface area contributed by atoms with Crippen LogP contribution in [0.4, 0.5) is 0 Å². The average molecular weight is 136 g/mol. The van der Waals surface area contributed by atoms with Crippen molar-refractivity contribution in [2.24, 2.45) is 5.92 Å². The molecule has 0 bridgehead atoms. The second-order valence-electron chi connectivity index (χ2n) is 1.76. The van der Waals surface area contributed by atoms with Crippen LogP contribution < -0.4 is 0 Å². The van der Waals surface area contributed by atoms with Gasteiger partial charge in [-0.15, -0.1) is 0 Å². The summed E-state index contributed by atoms with van der Waals surface area (Å²) in [5.41, 5.74) is 0. The number of rotatable bonds is 3. The molecule has 0 aliphatic heterocycles. The fraction of sp³-hybridized carbons (Fsp3) is 1.00.